The van der Waals surface area contributed by atoms with Crippen LogP contribution < -0.4 is 10.1 Å². The second-order valence-corrected chi connectivity index (χ2v) is 6.44. The number of hydrogen-bond acceptors (Lipinski definition) is 2. The summed E-state index contributed by atoms with van der Waals surface area (Å²) in [6, 6.07) is 12.0. The highest BCUT2D eigenvalue weighted by Gasteiger charge is 2.10. The van der Waals surface area contributed by atoms with E-state index >= 15 is 0 Å². The molecule has 0 radical (unpaired) electrons. The van der Waals surface area contributed by atoms with Crippen molar-refractivity contribution in [1.29, 1.82) is 0 Å². The molecule has 126 valence electrons. The lowest BCUT2D eigenvalue weighted by Gasteiger charge is -2.13. The zero-order valence-electron chi connectivity index (χ0n) is 13.5. The fraction of sp³-hybridized carbons (Fsp3) is 0.263. The molecule has 3 rings (SSSR count). The number of ether oxygens (including phenoxy) is 1. The molecule has 0 bridgehead atoms. The molecule has 3 aromatic rings. The Bertz CT molecular complexity index is 829. The van der Waals surface area contributed by atoms with Crippen LogP contribution in [0.4, 0.5) is 0 Å². The topological polar surface area (TPSA) is 37.0 Å². The predicted octanol–water partition coefficient (Wildman–Crippen LogP) is 5.21. The van der Waals surface area contributed by atoms with Gasteiger partial charge in [0.25, 0.3) is 0 Å². The molecular weight excluding hydrogens is 343 g/mol. The van der Waals surface area contributed by atoms with Gasteiger partial charge in [0.15, 0.2) is 0 Å². The van der Waals surface area contributed by atoms with E-state index in [1.165, 1.54) is 16.5 Å². The number of H-pyrrole nitrogens is 1. The standard InChI is InChI=1S/C19H20Cl2N2O/c1-2-24-19-14(9-15(20)10-17(19)21)11-22-8-7-13-12-23-18-6-4-3-5-16(13)18/h3-6,9-10,12,22-23H,2,7-8,11H2,1H3. The number of fused-ring (bicyclic) bond motifs is 1. The quantitative estimate of drug-likeness (QED) is 0.566. The van der Waals surface area contributed by atoms with Crippen molar-refractivity contribution in [3.8, 4) is 5.75 Å². The second-order valence-electron chi connectivity index (χ2n) is 5.60. The smallest absolute Gasteiger partial charge is 0.142 e. The van der Waals surface area contributed by atoms with Gasteiger partial charge < -0.3 is 15.0 Å². The largest absolute Gasteiger partial charge is 0.492 e. The summed E-state index contributed by atoms with van der Waals surface area (Å²) in [5.74, 6) is 0.711. The van der Waals surface area contributed by atoms with Crippen LogP contribution in [-0.4, -0.2) is 18.1 Å². The lowest BCUT2D eigenvalue weighted by Crippen LogP contribution is -2.17. The van der Waals surface area contributed by atoms with Crippen LogP contribution in [0.1, 0.15) is 18.1 Å². The number of benzene rings is 2. The lowest BCUT2D eigenvalue weighted by atomic mass is 10.1. The highest BCUT2D eigenvalue weighted by Crippen LogP contribution is 2.32. The maximum absolute atomic E-state index is 6.23. The van der Waals surface area contributed by atoms with E-state index in [1.807, 2.05) is 19.1 Å². The van der Waals surface area contributed by atoms with Crippen LogP contribution in [0.2, 0.25) is 10.0 Å². The Balaban J connectivity index is 1.62. The van der Waals surface area contributed by atoms with Crippen LogP contribution in [-0.2, 0) is 13.0 Å². The number of aromatic amines is 1. The first kappa shape index (κ1) is 17.2. The first-order valence-corrected chi connectivity index (χ1v) is 8.81. The molecule has 0 aliphatic carbocycles. The maximum atomic E-state index is 6.23. The molecule has 24 heavy (non-hydrogen) atoms. The third-order valence-electron chi connectivity index (χ3n) is 3.94. The molecule has 0 spiro atoms. The Labute approximate surface area is 151 Å². The zero-order chi connectivity index (χ0) is 16.9. The summed E-state index contributed by atoms with van der Waals surface area (Å²) in [6.07, 6.45) is 3.02. The van der Waals surface area contributed by atoms with Gasteiger partial charge in [0.05, 0.1) is 11.6 Å². The van der Waals surface area contributed by atoms with Crippen LogP contribution in [0.5, 0.6) is 5.75 Å². The molecule has 3 nitrogen and oxygen atoms in total. The normalized spacial score (nSPS) is 11.1. The second kappa shape index (κ2) is 7.93. The lowest BCUT2D eigenvalue weighted by molar-refractivity contribution is 0.336. The Hall–Kier alpha value is -1.68. The molecule has 0 aliphatic rings. The molecular formula is C19H20Cl2N2O. The van der Waals surface area contributed by atoms with E-state index < -0.39 is 0 Å². The first-order valence-electron chi connectivity index (χ1n) is 8.05. The third-order valence-corrected chi connectivity index (χ3v) is 4.43. The summed E-state index contributed by atoms with van der Waals surface area (Å²) in [5, 5.41) is 5.90. The predicted molar refractivity (Wildman–Crippen MR) is 101 cm³/mol. The fourth-order valence-electron chi connectivity index (χ4n) is 2.84. The average Bonchev–Trinajstić information content (AvgIpc) is 2.98. The number of halogens is 2. The molecule has 0 amide bonds. The van der Waals surface area contributed by atoms with Crippen molar-refractivity contribution in [2.75, 3.05) is 13.2 Å². The Morgan fingerprint density at radius 1 is 1.12 bits per heavy atom. The number of nitrogens with one attached hydrogen (secondary N) is 2. The zero-order valence-corrected chi connectivity index (χ0v) is 15.0. The summed E-state index contributed by atoms with van der Waals surface area (Å²) < 4.78 is 5.65. The minimum Gasteiger partial charge on any atom is -0.492 e. The van der Waals surface area contributed by atoms with Crippen molar-refractivity contribution in [2.45, 2.75) is 19.9 Å². The van der Waals surface area contributed by atoms with E-state index in [2.05, 4.69) is 34.7 Å². The van der Waals surface area contributed by atoms with Crippen LogP contribution >= 0.6 is 23.2 Å². The minimum absolute atomic E-state index is 0.553. The molecule has 0 saturated heterocycles. The molecule has 0 aliphatic heterocycles. The van der Waals surface area contributed by atoms with Crippen molar-refractivity contribution in [3.63, 3.8) is 0 Å². The van der Waals surface area contributed by atoms with Gasteiger partial charge in [-0.3, -0.25) is 0 Å². The summed E-state index contributed by atoms with van der Waals surface area (Å²) >= 11 is 12.3. The van der Waals surface area contributed by atoms with Crippen molar-refractivity contribution in [3.05, 3.63) is 63.8 Å². The van der Waals surface area contributed by atoms with E-state index in [9.17, 15) is 0 Å². The van der Waals surface area contributed by atoms with E-state index in [4.69, 9.17) is 27.9 Å². The van der Waals surface area contributed by atoms with E-state index in [1.54, 1.807) is 6.07 Å². The third kappa shape index (κ3) is 3.86. The van der Waals surface area contributed by atoms with Crippen LogP contribution in [0.15, 0.2) is 42.6 Å². The van der Waals surface area contributed by atoms with Gasteiger partial charge in [0, 0.05) is 34.2 Å². The highest BCUT2D eigenvalue weighted by atomic mass is 35.5. The van der Waals surface area contributed by atoms with Gasteiger partial charge in [-0.2, -0.15) is 0 Å². The van der Waals surface area contributed by atoms with Gasteiger partial charge in [0.1, 0.15) is 5.75 Å². The van der Waals surface area contributed by atoms with Gasteiger partial charge in [-0.1, -0.05) is 41.4 Å². The molecule has 0 fully saturated rings. The molecule has 1 heterocycles. The number of aromatic nitrogens is 1. The fourth-order valence-corrected chi connectivity index (χ4v) is 3.43. The monoisotopic (exact) mass is 362 g/mol. The molecule has 5 heteroatoms. The Morgan fingerprint density at radius 3 is 2.79 bits per heavy atom. The van der Waals surface area contributed by atoms with E-state index in [0.29, 0.717) is 28.9 Å². The summed E-state index contributed by atoms with van der Waals surface area (Å²) in [5.41, 5.74) is 3.47. The molecule has 0 saturated carbocycles. The van der Waals surface area contributed by atoms with Crippen LogP contribution in [0.3, 0.4) is 0 Å². The molecule has 2 N–H and O–H groups in total. The summed E-state index contributed by atoms with van der Waals surface area (Å²) in [6.45, 7) is 4.04. The summed E-state index contributed by atoms with van der Waals surface area (Å²) in [7, 11) is 0. The van der Waals surface area contributed by atoms with Gasteiger partial charge >= 0.3 is 0 Å². The van der Waals surface area contributed by atoms with E-state index in [-0.39, 0.29) is 0 Å². The highest BCUT2D eigenvalue weighted by molar-refractivity contribution is 6.35. The minimum atomic E-state index is 0.553. The summed E-state index contributed by atoms with van der Waals surface area (Å²) in [4.78, 5) is 3.30. The van der Waals surface area contributed by atoms with Crippen molar-refractivity contribution >= 4 is 34.1 Å². The molecule has 0 unspecified atom stereocenters. The first-order chi connectivity index (χ1) is 11.7. The van der Waals surface area contributed by atoms with Crippen LogP contribution in [0.25, 0.3) is 10.9 Å². The number of para-hydroxylation sites is 1. The van der Waals surface area contributed by atoms with Crippen molar-refractivity contribution < 1.29 is 4.74 Å². The Morgan fingerprint density at radius 2 is 1.96 bits per heavy atom. The van der Waals surface area contributed by atoms with E-state index in [0.717, 1.165) is 18.5 Å². The average molecular weight is 363 g/mol. The van der Waals surface area contributed by atoms with Crippen molar-refractivity contribution in [1.82, 2.24) is 10.3 Å². The molecule has 1 aromatic heterocycles. The molecule has 2 aromatic carbocycles. The van der Waals surface area contributed by atoms with Crippen LogP contribution in [0, 0.1) is 0 Å². The van der Waals surface area contributed by atoms with Gasteiger partial charge in [-0.15, -0.1) is 0 Å². The van der Waals surface area contributed by atoms with Gasteiger partial charge in [-0.05, 0) is 43.7 Å². The number of hydrogen-bond donors (Lipinski definition) is 2. The number of rotatable bonds is 7. The molecule has 0 atom stereocenters. The van der Waals surface area contributed by atoms with Gasteiger partial charge in [-0.25, -0.2) is 0 Å². The van der Waals surface area contributed by atoms with Gasteiger partial charge in [0.2, 0.25) is 0 Å². The van der Waals surface area contributed by atoms with Crippen molar-refractivity contribution in [2.24, 2.45) is 0 Å². The maximum Gasteiger partial charge on any atom is 0.142 e. The SMILES string of the molecule is CCOc1c(Cl)cc(Cl)cc1CNCCc1c[nH]c2ccccc12. The Kier molecular flexibility index (Phi) is 5.67.